The summed E-state index contributed by atoms with van der Waals surface area (Å²) in [6, 6.07) is 4.03. The topological polar surface area (TPSA) is 34.1 Å². The molecule has 3 heteroatoms. The van der Waals surface area contributed by atoms with Crippen LogP contribution in [0.2, 0.25) is 0 Å². The lowest BCUT2D eigenvalue weighted by Gasteiger charge is -2.29. The number of hydrogen-bond acceptors (Lipinski definition) is 2. The minimum atomic E-state index is -2.95. The Bertz CT molecular complexity index is 627. The standard InChI is InChI=1S/C21H35O2P/c1-14(2)24(23,13-16(4)12-21(7,8)9)20(22)19-17(5)10-15(3)11-18(19)6/h10-11,14,16H,12-13H2,1-9H3. The van der Waals surface area contributed by atoms with E-state index in [9.17, 15) is 9.36 Å². The van der Waals surface area contributed by atoms with E-state index in [4.69, 9.17) is 0 Å². The molecule has 1 aromatic rings. The summed E-state index contributed by atoms with van der Waals surface area (Å²) in [5, 5.41) is 0. The molecular weight excluding hydrogens is 315 g/mol. The van der Waals surface area contributed by atoms with Crippen LogP contribution < -0.4 is 0 Å². The van der Waals surface area contributed by atoms with Crippen molar-refractivity contribution < 1.29 is 9.36 Å². The van der Waals surface area contributed by atoms with Gasteiger partial charge in [-0.05, 0) is 49.7 Å². The van der Waals surface area contributed by atoms with Gasteiger partial charge in [0.15, 0.2) is 7.14 Å². The lowest BCUT2D eigenvalue weighted by atomic mass is 9.86. The van der Waals surface area contributed by atoms with Gasteiger partial charge < -0.3 is 4.57 Å². The molecule has 0 aliphatic heterocycles. The van der Waals surface area contributed by atoms with Gasteiger partial charge in [-0.15, -0.1) is 0 Å². The van der Waals surface area contributed by atoms with Crippen molar-refractivity contribution in [1.82, 2.24) is 0 Å². The van der Waals surface area contributed by atoms with E-state index in [-0.39, 0.29) is 22.5 Å². The van der Waals surface area contributed by atoms with Crippen molar-refractivity contribution >= 4 is 12.7 Å². The summed E-state index contributed by atoms with van der Waals surface area (Å²) in [4.78, 5) is 13.3. The highest BCUT2D eigenvalue weighted by molar-refractivity contribution is 7.81. The van der Waals surface area contributed by atoms with Crippen LogP contribution in [0.25, 0.3) is 0 Å². The van der Waals surface area contributed by atoms with Gasteiger partial charge in [0.25, 0.3) is 0 Å². The molecule has 0 fully saturated rings. The number of rotatable bonds is 6. The zero-order chi connectivity index (χ0) is 18.9. The molecule has 0 saturated heterocycles. The van der Waals surface area contributed by atoms with Crippen molar-refractivity contribution in [2.75, 3.05) is 6.16 Å². The van der Waals surface area contributed by atoms with Crippen molar-refractivity contribution in [1.29, 1.82) is 0 Å². The van der Waals surface area contributed by atoms with E-state index < -0.39 is 7.14 Å². The minimum absolute atomic E-state index is 0.117. The predicted octanol–water partition coefficient (Wildman–Crippen LogP) is 6.60. The summed E-state index contributed by atoms with van der Waals surface area (Å²) in [7, 11) is -2.95. The number of aryl methyl sites for hydroxylation is 3. The van der Waals surface area contributed by atoms with Crippen molar-refractivity contribution in [3.63, 3.8) is 0 Å². The maximum absolute atomic E-state index is 13.7. The average Bonchev–Trinajstić information content (AvgIpc) is 2.34. The summed E-state index contributed by atoms with van der Waals surface area (Å²) >= 11 is 0. The molecular formula is C21H35O2P. The first-order valence-electron chi connectivity index (χ1n) is 8.99. The molecule has 0 N–H and O–H groups in total. The molecule has 0 radical (unpaired) electrons. The molecule has 0 saturated carbocycles. The maximum atomic E-state index is 13.7. The van der Waals surface area contributed by atoms with Crippen molar-refractivity contribution in [3.8, 4) is 0 Å². The Labute approximate surface area is 148 Å². The molecule has 2 atom stereocenters. The van der Waals surface area contributed by atoms with Gasteiger partial charge in [0, 0.05) is 17.4 Å². The minimum Gasteiger partial charge on any atom is -0.315 e. The fraction of sp³-hybridized carbons (Fsp3) is 0.667. The second-order valence-electron chi connectivity index (χ2n) is 9.02. The SMILES string of the molecule is Cc1cc(C)c(C(=O)P(=O)(CC(C)CC(C)(C)C)C(C)C)c(C)c1. The largest absolute Gasteiger partial charge is 0.315 e. The van der Waals surface area contributed by atoms with E-state index in [1.54, 1.807) is 0 Å². The lowest BCUT2D eigenvalue weighted by molar-refractivity contribution is 0.107. The zero-order valence-corrected chi connectivity index (χ0v) is 17.9. The van der Waals surface area contributed by atoms with Gasteiger partial charge in [0.1, 0.15) is 0 Å². The van der Waals surface area contributed by atoms with E-state index in [0.717, 1.165) is 23.1 Å². The fourth-order valence-corrected chi connectivity index (χ4v) is 6.65. The van der Waals surface area contributed by atoms with Crippen LogP contribution in [-0.2, 0) is 4.57 Å². The van der Waals surface area contributed by atoms with Gasteiger partial charge >= 0.3 is 0 Å². The Morgan fingerprint density at radius 1 is 1.04 bits per heavy atom. The molecule has 24 heavy (non-hydrogen) atoms. The quantitative estimate of drug-likeness (QED) is 0.542. The number of benzene rings is 1. The summed E-state index contributed by atoms with van der Waals surface area (Å²) in [6.07, 6.45) is 1.48. The highest BCUT2D eigenvalue weighted by Gasteiger charge is 2.38. The van der Waals surface area contributed by atoms with Crippen LogP contribution in [0.15, 0.2) is 12.1 Å². The van der Waals surface area contributed by atoms with Gasteiger partial charge in [0.2, 0.25) is 5.52 Å². The van der Waals surface area contributed by atoms with Gasteiger partial charge in [0.05, 0.1) is 0 Å². The molecule has 1 aromatic carbocycles. The first kappa shape index (κ1) is 21.2. The number of carbonyl (C=O) groups is 1. The Balaban J connectivity index is 3.25. The fourth-order valence-electron chi connectivity index (χ4n) is 3.81. The lowest BCUT2D eigenvalue weighted by Crippen LogP contribution is -2.21. The third-order valence-electron chi connectivity index (χ3n) is 4.61. The van der Waals surface area contributed by atoms with E-state index in [0.29, 0.717) is 11.7 Å². The molecule has 2 nitrogen and oxygen atoms in total. The van der Waals surface area contributed by atoms with Gasteiger partial charge in [-0.3, -0.25) is 4.79 Å². The normalized spacial score (nSPS) is 16.1. The Morgan fingerprint density at radius 3 is 1.88 bits per heavy atom. The first-order chi connectivity index (χ1) is 10.8. The van der Waals surface area contributed by atoms with Crippen LogP contribution in [0.3, 0.4) is 0 Å². The number of hydrogen-bond donors (Lipinski definition) is 0. The summed E-state index contributed by atoms with van der Waals surface area (Å²) in [6.45, 7) is 18.5. The molecule has 0 heterocycles. The van der Waals surface area contributed by atoms with Crippen LogP contribution in [0.5, 0.6) is 0 Å². The van der Waals surface area contributed by atoms with Crippen LogP contribution >= 0.6 is 7.14 Å². The zero-order valence-electron chi connectivity index (χ0n) is 17.0. The van der Waals surface area contributed by atoms with Crippen LogP contribution in [0.4, 0.5) is 0 Å². The summed E-state index contributed by atoms with van der Waals surface area (Å²) < 4.78 is 13.7. The summed E-state index contributed by atoms with van der Waals surface area (Å²) in [5.74, 6) is 0.272. The molecule has 0 aliphatic carbocycles. The monoisotopic (exact) mass is 350 g/mol. The van der Waals surface area contributed by atoms with Crippen LogP contribution in [0.1, 0.15) is 75.0 Å². The highest BCUT2D eigenvalue weighted by Crippen LogP contribution is 2.56. The third-order valence-corrected chi connectivity index (χ3v) is 8.36. The molecule has 1 rings (SSSR count). The molecule has 0 aromatic heterocycles. The van der Waals surface area contributed by atoms with Crippen molar-refractivity contribution in [2.24, 2.45) is 11.3 Å². The number of carbonyl (C=O) groups excluding carboxylic acids is 1. The molecule has 136 valence electrons. The van der Waals surface area contributed by atoms with E-state index in [1.807, 2.05) is 46.8 Å². The molecule has 0 bridgehead atoms. The molecule has 2 unspecified atom stereocenters. The van der Waals surface area contributed by atoms with Gasteiger partial charge in [-0.2, -0.15) is 0 Å². The van der Waals surface area contributed by atoms with Crippen molar-refractivity contribution in [2.45, 2.75) is 74.4 Å². The Kier molecular flexibility index (Phi) is 6.67. The highest BCUT2D eigenvalue weighted by atomic mass is 31.2. The second-order valence-corrected chi connectivity index (χ2v) is 12.4. The Morgan fingerprint density at radius 2 is 1.50 bits per heavy atom. The van der Waals surface area contributed by atoms with E-state index in [1.165, 1.54) is 0 Å². The average molecular weight is 350 g/mol. The molecule has 0 spiro atoms. The smallest absolute Gasteiger partial charge is 0.222 e. The molecule has 0 aliphatic rings. The van der Waals surface area contributed by atoms with Crippen LogP contribution in [0, 0.1) is 32.1 Å². The first-order valence-corrected chi connectivity index (χ1v) is 11.0. The van der Waals surface area contributed by atoms with Gasteiger partial charge in [-0.1, -0.05) is 59.2 Å². The second kappa shape index (κ2) is 7.56. The van der Waals surface area contributed by atoms with Gasteiger partial charge in [-0.25, -0.2) is 0 Å². The Hall–Kier alpha value is -0.880. The summed E-state index contributed by atoms with van der Waals surface area (Å²) in [5.41, 5.74) is 3.66. The molecule has 0 amide bonds. The van der Waals surface area contributed by atoms with Crippen LogP contribution in [-0.4, -0.2) is 17.3 Å². The predicted molar refractivity (Wildman–Crippen MR) is 106 cm³/mol. The van der Waals surface area contributed by atoms with Crippen molar-refractivity contribution in [3.05, 3.63) is 34.4 Å². The van der Waals surface area contributed by atoms with E-state index >= 15 is 0 Å². The third kappa shape index (κ3) is 5.06. The van der Waals surface area contributed by atoms with E-state index in [2.05, 4.69) is 27.7 Å². The maximum Gasteiger partial charge on any atom is 0.222 e.